The fraction of sp³-hybridized carbons (Fsp3) is 0.375. The van der Waals surface area contributed by atoms with Crippen LogP contribution in [0.2, 0.25) is 5.15 Å². The van der Waals surface area contributed by atoms with Crippen LogP contribution in [-0.4, -0.2) is 10.1 Å². The van der Waals surface area contributed by atoms with Gasteiger partial charge in [0.1, 0.15) is 0 Å². The molecule has 0 unspecified atom stereocenters. The van der Waals surface area contributed by atoms with Gasteiger partial charge in [-0.2, -0.15) is 0 Å². The molecule has 66 valence electrons. The van der Waals surface area contributed by atoms with Gasteiger partial charge in [-0.15, -0.1) is 0 Å². The van der Waals surface area contributed by atoms with Gasteiger partial charge < -0.3 is 10.8 Å². The van der Waals surface area contributed by atoms with E-state index in [0.29, 0.717) is 5.69 Å². The summed E-state index contributed by atoms with van der Waals surface area (Å²) in [6, 6.07) is 3.14. The van der Waals surface area contributed by atoms with Gasteiger partial charge in [0.25, 0.3) is 0 Å². The minimum Gasteiger partial charge on any atom is -0.505 e. The van der Waals surface area contributed by atoms with Crippen molar-refractivity contribution in [2.24, 2.45) is 5.73 Å². The fourth-order valence-corrected chi connectivity index (χ4v) is 0.940. The van der Waals surface area contributed by atoms with Crippen LogP contribution in [0, 0.1) is 0 Å². The molecule has 4 heteroatoms. The summed E-state index contributed by atoms with van der Waals surface area (Å²) in [5.41, 5.74) is 5.90. The van der Waals surface area contributed by atoms with Crippen molar-refractivity contribution in [2.45, 2.75) is 19.4 Å². The highest BCUT2D eigenvalue weighted by molar-refractivity contribution is 6.30. The maximum absolute atomic E-state index is 9.07. The Balaban J connectivity index is 3.14. The van der Waals surface area contributed by atoms with E-state index in [4.69, 9.17) is 22.4 Å². The molecule has 1 aromatic heterocycles. The van der Waals surface area contributed by atoms with E-state index in [1.165, 1.54) is 6.07 Å². The number of aromatic hydroxyl groups is 1. The highest BCUT2D eigenvalue weighted by Gasteiger charge is 2.16. The summed E-state index contributed by atoms with van der Waals surface area (Å²) in [6.07, 6.45) is 0. The number of hydrogen-bond acceptors (Lipinski definition) is 3. The number of aromatic nitrogens is 1. The first-order valence-electron chi connectivity index (χ1n) is 3.56. The summed E-state index contributed by atoms with van der Waals surface area (Å²) >= 11 is 5.60. The van der Waals surface area contributed by atoms with E-state index in [9.17, 15) is 0 Å². The molecular formula is C8H11ClN2O. The van der Waals surface area contributed by atoms with Crippen molar-refractivity contribution in [3.63, 3.8) is 0 Å². The van der Waals surface area contributed by atoms with Gasteiger partial charge in [0.2, 0.25) is 0 Å². The Labute approximate surface area is 76.2 Å². The molecule has 0 fully saturated rings. The molecule has 1 rings (SSSR count). The molecule has 0 aromatic carbocycles. The first-order valence-corrected chi connectivity index (χ1v) is 3.94. The monoisotopic (exact) mass is 186 g/mol. The molecule has 0 amide bonds. The maximum atomic E-state index is 9.07. The molecule has 0 atom stereocenters. The molecule has 0 aliphatic rings. The average Bonchev–Trinajstić information content (AvgIpc) is 1.92. The van der Waals surface area contributed by atoms with Crippen molar-refractivity contribution in [3.8, 4) is 5.75 Å². The van der Waals surface area contributed by atoms with Gasteiger partial charge >= 0.3 is 0 Å². The van der Waals surface area contributed by atoms with Gasteiger partial charge in [-0.25, -0.2) is 4.98 Å². The Hall–Kier alpha value is -0.800. The van der Waals surface area contributed by atoms with Crippen LogP contribution in [0.3, 0.4) is 0 Å². The van der Waals surface area contributed by atoms with Crippen LogP contribution in [0.1, 0.15) is 19.5 Å². The van der Waals surface area contributed by atoms with E-state index in [-0.39, 0.29) is 10.9 Å². The normalized spacial score (nSPS) is 11.7. The zero-order valence-electron chi connectivity index (χ0n) is 7.00. The molecule has 0 bridgehead atoms. The molecule has 3 N–H and O–H groups in total. The number of nitrogens with two attached hydrogens (primary N) is 1. The van der Waals surface area contributed by atoms with E-state index in [1.54, 1.807) is 6.07 Å². The Morgan fingerprint density at radius 1 is 1.50 bits per heavy atom. The summed E-state index contributed by atoms with van der Waals surface area (Å²) < 4.78 is 0. The minimum absolute atomic E-state index is 0.0235. The Bertz CT molecular complexity index is 294. The topological polar surface area (TPSA) is 59.1 Å². The Morgan fingerprint density at radius 3 is 2.50 bits per heavy atom. The molecule has 0 aliphatic heterocycles. The highest BCUT2D eigenvalue weighted by atomic mass is 35.5. The van der Waals surface area contributed by atoms with E-state index in [1.807, 2.05) is 13.8 Å². The standard InChI is InChI=1S/C8H11ClN2O/c1-8(2,10)6-4-3-5(12)7(9)11-6/h3-4,12H,10H2,1-2H3. The van der Waals surface area contributed by atoms with Gasteiger partial charge in [0.15, 0.2) is 10.9 Å². The average molecular weight is 187 g/mol. The van der Waals surface area contributed by atoms with Gasteiger partial charge in [0.05, 0.1) is 11.2 Å². The third-order valence-corrected chi connectivity index (χ3v) is 1.77. The quantitative estimate of drug-likeness (QED) is 0.656. The van der Waals surface area contributed by atoms with Crippen LogP contribution in [0.4, 0.5) is 0 Å². The van der Waals surface area contributed by atoms with Crippen LogP contribution in [0.25, 0.3) is 0 Å². The van der Waals surface area contributed by atoms with Gasteiger partial charge in [0, 0.05) is 0 Å². The molecule has 0 spiro atoms. The number of pyridine rings is 1. The van der Waals surface area contributed by atoms with E-state index in [2.05, 4.69) is 4.98 Å². The summed E-state index contributed by atoms with van der Waals surface area (Å²) in [4.78, 5) is 3.93. The molecule has 12 heavy (non-hydrogen) atoms. The lowest BCUT2D eigenvalue weighted by Crippen LogP contribution is -2.29. The lowest BCUT2D eigenvalue weighted by molar-refractivity contribution is 0.468. The van der Waals surface area contributed by atoms with Crippen molar-refractivity contribution in [3.05, 3.63) is 23.0 Å². The van der Waals surface area contributed by atoms with E-state index in [0.717, 1.165) is 0 Å². The number of nitrogens with zero attached hydrogens (tertiary/aromatic N) is 1. The van der Waals surface area contributed by atoms with Crippen LogP contribution in [0.15, 0.2) is 12.1 Å². The van der Waals surface area contributed by atoms with Crippen LogP contribution >= 0.6 is 11.6 Å². The van der Waals surface area contributed by atoms with Gasteiger partial charge in [-0.05, 0) is 26.0 Å². The largest absolute Gasteiger partial charge is 0.505 e. The number of halogens is 1. The second-order valence-electron chi connectivity index (χ2n) is 3.23. The summed E-state index contributed by atoms with van der Waals surface area (Å²) in [6.45, 7) is 3.64. The SMILES string of the molecule is CC(C)(N)c1ccc(O)c(Cl)n1. The smallest absolute Gasteiger partial charge is 0.171 e. The summed E-state index contributed by atoms with van der Waals surface area (Å²) in [5.74, 6) is -0.0235. The van der Waals surface area contributed by atoms with Crippen molar-refractivity contribution in [2.75, 3.05) is 0 Å². The Kier molecular flexibility index (Phi) is 2.26. The number of rotatable bonds is 1. The van der Waals surface area contributed by atoms with Crippen LogP contribution in [-0.2, 0) is 5.54 Å². The molecular weight excluding hydrogens is 176 g/mol. The maximum Gasteiger partial charge on any atom is 0.171 e. The minimum atomic E-state index is -0.530. The van der Waals surface area contributed by atoms with Crippen molar-refractivity contribution in [1.82, 2.24) is 4.98 Å². The van der Waals surface area contributed by atoms with Crippen LogP contribution in [0.5, 0.6) is 5.75 Å². The molecule has 1 aromatic rings. The van der Waals surface area contributed by atoms with Gasteiger partial charge in [-0.1, -0.05) is 11.6 Å². The lowest BCUT2D eigenvalue weighted by Gasteiger charge is -2.17. The third kappa shape index (κ3) is 1.87. The van der Waals surface area contributed by atoms with Crippen molar-refractivity contribution < 1.29 is 5.11 Å². The predicted octanol–water partition coefficient (Wildman–Crippen LogP) is 1.63. The second-order valence-corrected chi connectivity index (χ2v) is 3.59. The molecule has 0 aliphatic carbocycles. The zero-order chi connectivity index (χ0) is 9.35. The Morgan fingerprint density at radius 2 is 2.08 bits per heavy atom. The van der Waals surface area contributed by atoms with E-state index < -0.39 is 5.54 Å². The molecule has 0 saturated carbocycles. The molecule has 0 radical (unpaired) electrons. The molecule has 3 nitrogen and oxygen atoms in total. The summed E-state index contributed by atoms with van der Waals surface area (Å²) in [7, 11) is 0. The van der Waals surface area contributed by atoms with E-state index >= 15 is 0 Å². The number of hydrogen-bond donors (Lipinski definition) is 2. The predicted molar refractivity (Wildman–Crippen MR) is 48.1 cm³/mol. The van der Waals surface area contributed by atoms with Crippen LogP contribution < -0.4 is 5.73 Å². The van der Waals surface area contributed by atoms with Crippen molar-refractivity contribution in [1.29, 1.82) is 0 Å². The first kappa shape index (κ1) is 9.29. The lowest BCUT2D eigenvalue weighted by atomic mass is 10.0. The highest BCUT2D eigenvalue weighted by Crippen LogP contribution is 2.23. The fourth-order valence-electron chi connectivity index (χ4n) is 0.786. The van der Waals surface area contributed by atoms with Gasteiger partial charge in [-0.3, -0.25) is 0 Å². The third-order valence-electron chi connectivity index (χ3n) is 1.49. The molecule has 1 heterocycles. The summed E-state index contributed by atoms with van der Waals surface area (Å²) in [5, 5.41) is 9.16. The first-order chi connectivity index (χ1) is 5.41. The second kappa shape index (κ2) is 2.92. The molecule has 0 saturated heterocycles. The zero-order valence-corrected chi connectivity index (χ0v) is 7.76. The van der Waals surface area contributed by atoms with Crippen molar-refractivity contribution >= 4 is 11.6 Å².